The van der Waals surface area contributed by atoms with Crippen LogP contribution in [0.1, 0.15) is 25.7 Å². The maximum atomic E-state index is 11.3. The lowest BCUT2D eigenvalue weighted by Gasteiger charge is -2.26. The first-order valence-electron chi connectivity index (χ1n) is 6.38. The van der Waals surface area contributed by atoms with E-state index in [1.807, 2.05) is 0 Å². The second-order valence-electron chi connectivity index (χ2n) is 4.95. The molecule has 1 aromatic heterocycles. The van der Waals surface area contributed by atoms with Crippen LogP contribution in [0.15, 0.2) is 17.2 Å². The Balaban J connectivity index is 1.77. The third kappa shape index (κ3) is 2.49. The minimum absolute atomic E-state index is 0.0694. The van der Waals surface area contributed by atoms with Crippen molar-refractivity contribution in [3.8, 4) is 0 Å². The second kappa shape index (κ2) is 4.49. The van der Waals surface area contributed by atoms with Gasteiger partial charge in [-0.3, -0.25) is 4.79 Å². The van der Waals surface area contributed by atoms with Crippen LogP contribution in [0, 0.1) is 0 Å². The number of rotatable bonds is 4. The van der Waals surface area contributed by atoms with Crippen molar-refractivity contribution in [2.75, 3.05) is 18.0 Å². The Labute approximate surface area is 100 Å². The zero-order chi connectivity index (χ0) is 11.7. The molecule has 1 aromatic rings. The van der Waals surface area contributed by atoms with Gasteiger partial charge in [0.1, 0.15) is 5.82 Å². The summed E-state index contributed by atoms with van der Waals surface area (Å²) < 4.78 is 0. The van der Waals surface area contributed by atoms with Gasteiger partial charge in [0.25, 0.3) is 5.56 Å². The van der Waals surface area contributed by atoms with E-state index in [1.54, 1.807) is 6.07 Å². The van der Waals surface area contributed by atoms with Crippen molar-refractivity contribution in [1.29, 1.82) is 0 Å². The number of anilines is 1. The van der Waals surface area contributed by atoms with Crippen molar-refractivity contribution in [3.05, 3.63) is 22.7 Å². The Morgan fingerprint density at radius 2 is 2.29 bits per heavy atom. The zero-order valence-electron chi connectivity index (χ0n) is 9.85. The standard InChI is InChI=1S/C12H18N4O/c17-12-6-11(14-8-15-12)16(10-3-4-10)7-9-2-1-5-13-9/h6,8-10,13H,1-5,7H2,(H,14,15,17). The molecule has 0 aromatic carbocycles. The Hall–Kier alpha value is -1.36. The first kappa shape index (κ1) is 10.8. The molecule has 0 radical (unpaired) electrons. The maximum Gasteiger partial charge on any atom is 0.252 e. The second-order valence-corrected chi connectivity index (χ2v) is 4.95. The average molecular weight is 234 g/mol. The van der Waals surface area contributed by atoms with Gasteiger partial charge in [0.15, 0.2) is 0 Å². The van der Waals surface area contributed by atoms with Gasteiger partial charge in [0.05, 0.1) is 6.33 Å². The molecule has 5 nitrogen and oxygen atoms in total. The topological polar surface area (TPSA) is 61.0 Å². The Morgan fingerprint density at radius 1 is 1.41 bits per heavy atom. The highest BCUT2D eigenvalue weighted by Crippen LogP contribution is 2.30. The minimum atomic E-state index is -0.0694. The van der Waals surface area contributed by atoms with Gasteiger partial charge in [0.2, 0.25) is 0 Å². The van der Waals surface area contributed by atoms with Crippen LogP contribution in [0.25, 0.3) is 0 Å². The quantitative estimate of drug-likeness (QED) is 0.796. The number of hydrogen-bond acceptors (Lipinski definition) is 4. The molecule has 1 unspecified atom stereocenters. The van der Waals surface area contributed by atoms with Crippen molar-refractivity contribution in [3.63, 3.8) is 0 Å². The van der Waals surface area contributed by atoms with Crippen molar-refractivity contribution >= 4 is 5.82 Å². The molecule has 1 saturated heterocycles. The summed E-state index contributed by atoms with van der Waals surface area (Å²) in [6.45, 7) is 2.09. The van der Waals surface area contributed by atoms with E-state index in [1.165, 1.54) is 32.0 Å². The third-order valence-corrected chi connectivity index (χ3v) is 3.53. The van der Waals surface area contributed by atoms with E-state index in [2.05, 4.69) is 20.2 Å². The fourth-order valence-corrected chi connectivity index (χ4v) is 2.48. The number of nitrogens with zero attached hydrogens (tertiary/aromatic N) is 2. The van der Waals surface area contributed by atoms with Crippen LogP contribution in [-0.4, -0.2) is 35.1 Å². The normalized spacial score (nSPS) is 23.9. The van der Waals surface area contributed by atoms with E-state index in [-0.39, 0.29) is 5.56 Å². The van der Waals surface area contributed by atoms with Gasteiger partial charge >= 0.3 is 0 Å². The molecule has 0 amide bonds. The molecule has 0 bridgehead atoms. The summed E-state index contributed by atoms with van der Waals surface area (Å²) in [5.74, 6) is 0.824. The molecule has 5 heteroatoms. The fourth-order valence-electron chi connectivity index (χ4n) is 2.48. The molecule has 3 rings (SSSR count). The van der Waals surface area contributed by atoms with E-state index in [9.17, 15) is 4.79 Å². The molecule has 17 heavy (non-hydrogen) atoms. The average Bonchev–Trinajstić information content (AvgIpc) is 3.03. The highest BCUT2D eigenvalue weighted by molar-refractivity contribution is 5.40. The summed E-state index contributed by atoms with van der Waals surface area (Å²) in [7, 11) is 0. The zero-order valence-corrected chi connectivity index (χ0v) is 9.85. The van der Waals surface area contributed by atoms with Crippen molar-refractivity contribution in [2.45, 2.75) is 37.8 Å². The monoisotopic (exact) mass is 234 g/mol. The predicted octanol–water partition coefficient (Wildman–Crippen LogP) is 0.491. The van der Waals surface area contributed by atoms with Gasteiger partial charge in [-0.25, -0.2) is 4.98 Å². The van der Waals surface area contributed by atoms with Crippen LogP contribution in [0.4, 0.5) is 5.82 Å². The fraction of sp³-hybridized carbons (Fsp3) is 0.667. The highest BCUT2D eigenvalue weighted by atomic mass is 16.1. The number of nitrogens with one attached hydrogen (secondary N) is 2. The molecule has 1 aliphatic carbocycles. The Bertz CT molecular complexity index is 434. The van der Waals surface area contributed by atoms with Crippen molar-refractivity contribution in [1.82, 2.24) is 15.3 Å². The molecule has 1 aliphatic heterocycles. The van der Waals surface area contributed by atoms with Gasteiger partial charge in [-0.15, -0.1) is 0 Å². The van der Waals surface area contributed by atoms with Crippen LogP contribution in [-0.2, 0) is 0 Å². The van der Waals surface area contributed by atoms with Gasteiger partial charge < -0.3 is 15.2 Å². The van der Waals surface area contributed by atoms with Crippen LogP contribution in [0.3, 0.4) is 0 Å². The van der Waals surface area contributed by atoms with E-state index >= 15 is 0 Å². The van der Waals surface area contributed by atoms with E-state index in [0.717, 1.165) is 18.9 Å². The first-order chi connectivity index (χ1) is 8.33. The molecule has 92 valence electrons. The van der Waals surface area contributed by atoms with Crippen LogP contribution in [0.2, 0.25) is 0 Å². The summed E-state index contributed by atoms with van der Waals surface area (Å²) in [5.41, 5.74) is -0.0694. The molecule has 1 atom stereocenters. The van der Waals surface area contributed by atoms with Gasteiger partial charge in [-0.1, -0.05) is 0 Å². The Morgan fingerprint density at radius 3 is 2.94 bits per heavy atom. The summed E-state index contributed by atoms with van der Waals surface area (Å²) in [6.07, 6.45) is 6.43. The lowest BCUT2D eigenvalue weighted by Crippen LogP contribution is -2.39. The van der Waals surface area contributed by atoms with Crippen molar-refractivity contribution < 1.29 is 0 Å². The van der Waals surface area contributed by atoms with E-state index in [4.69, 9.17) is 0 Å². The molecule has 2 fully saturated rings. The predicted molar refractivity (Wildman–Crippen MR) is 66.3 cm³/mol. The summed E-state index contributed by atoms with van der Waals surface area (Å²) >= 11 is 0. The summed E-state index contributed by atoms with van der Waals surface area (Å²) in [5, 5.41) is 3.50. The lowest BCUT2D eigenvalue weighted by molar-refractivity contribution is 0.575. The smallest absolute Gasteiger partial charge is 0.252 e. The molecule has 0 spiro atoms. The molecule has 2 aliphatic rings. The van der Waals surface area contributed by atoms with E-state index in [0.29, 0.717) is 12.1 Å². The molecule has 1 saturated carbocycles. The molecule has 2 heterocycles. The number of aromatic amines is 1. The minimum Gasteiger partial charge on any atom is -0.352 e. The number of hydrogen-bond donors (Lipinski definition) is 2. The first-order valence-corrected chi connectivity index (χ1v) is 6.38. The van der Waals surface area contributed by atoms with Gasteiger partial charge in [-0.05, 0) is 32.2 Å². The maximum absolute atomic E-state index is 11.3. The Kier molecular flexibility index (Phi) is 2.84. The number of H-pyrrole nitrogens is 1. The SMILES string of the molecule is O=c1cc(N(CC2CCCN2)C2CC2)nc[nH]1. The van der Waals surface area contributed by atoms with Crippen molar-refractivity contribution in [2.24, 2.45) is 0 Å². The molecular formula is C12H18N4O. The molecular weight excluding hydrogens is 216 g/mol. The van der Waals surface area contributed by atoms with Gasteiger partial charge in [-0.2, -0.15) is 0 Å². The lowest BCUT2D eigenvalue weighted by atomic mass is 10.2. The largest absolute Gasteiger partial charge is 0.352 e. The van der Waals surface area contributed by atoms with Gasteiger partial charge in [0, 0.05) is 24.7 Å². The third-order valence-electron chi connectivity index (χ3n) is 3.53. The van der Waals surface area contributed by atoms with E-state index < -0.39 is 0 Å². The number of aromatic nitrogens is 2. The van der Waals surface area contributed by atoms with Crippen LogP contribution < -0.4 is 15.8 Å². The summed E-state index contributed by atoms with van der Waals surface area (Å²) in [6, 6.07) is 2.75. The van der Waals surface area contributed by atoms with Crippen LogP contribution in [0.5, 0.6) is 0 Å². The van der Waals surface area contributed by atoms with Crippen LogP contribution >= 0.6 is 0 Å². The highest BCUT2D eigenvalue weighted by Gasteiger charge is 2.32. The molecule has 2 N–H and O–H groups in total. The summed E-state index contributed by atoms with van der Waals surface area (Å²) in [4.78, 5) is 20.5.